The molecule has 0 bridgehead atoms. The fourth-order valence-electron chi connectivity index (χ4n) is 3.25. The summed E-state index contributed by atoms with van der Waals surface area (Å²) in [5.74, 6) is 0.209. The number of urea groups is 1. The highest BCUT2D eigenvalue weighted by atomic mass is 19.4. The van der Waals surface area contributed by atoms with E-state index in [0.717, 1.165) is 35.7 Å². The van der Waals surface area contributed by atoms with Crippen LogP contribution in [0.4, 0.5) is 23.7 Å². The van der Waals surface area contributed by atoms with Gasteiger partial charge in [0.1, 0.15) is 29.7 Å². The number of carboxylic acids is 1. The lowest BCUT2D eigenvalue weighted by Crippen LogP contribution is -2.29. The summed E-state index contributed by atoms with van der Waals surface area (Å²) in [6.45, 7) is 3.12. The van der Waals surface area contributed by atoms with Crippen molar-refractivity contribution < 1.29 is 37.3 Å². The van der Waals surface area contributed by atoms with Gasteiger partial charge in [-0.25, -0.2) is 14.6 Å². The normalized spacial score (nSPS) is 10.6. The van der Waals surface area contributed by atoms with Crippen molar-refractivity contribution in [1.29, 1.82) is 0 Å². The number of benzene rings is 3. The van der Waals surface area contributed by atoms with Crippen LogP contribution in [0.3, 0.4) is 0 Å². The first-order chi connectivity index (χ1) is 19.6. The topological polar surface area (TPSA) is 126 Å². The van der Waals surface area contributed by atoms with Crippen LogP contribution < -0.4 is 20.1 Å². The van der Waals surface area contributed by atoms with Crippen LogP contribution in [0, 0.1) is 0 Å². The number of aromatic nitrogens is 2. The number of imidazole rings is 1. The summed E-state index contributed by atoms with van der Waals surface area (Å²) in [7, 11) is 0. The van der Waals surface area contributed by atoms with Crippen molar-refractivity contribution in [2.75, 3.05) is 11.9 Å². The SMILES string of the molecule is CCCCNC(=O)Nc1ccc(Oc2ccc(-c3cnc(COc4ccccc4)[nH]3)cc2)cc1.O=C(O)C(F)(F)F. The quantitative estimate of drug-likeness (QED) is 0.152. The summed E-state index contributed by atoms with van der Waals surface area (Å²) in [6, 6.07) is 24.5. The maximum atomic E-state index is 11.8. The van der Waals surface area contributed by atoms with Gasteiger partial charge in [-0.05, 0) is 72.6 Å². The molecule has 1 heterocycles. The van der Waals surface area contributed by atoms with Gasteiger partial charge >= 0.3 is 18.2 Å². The number of aromatic amines is 1. The van der Waals surface area contributed by atoms with Crippen molar-refractivity contribution in [1.82, 2.24) is 15.3 Å². The number of carbonyl (C=O) groups is 2. The number of nitrogens with one attached hydrogen (secondary N) is 3. The summed E-state index contributed by atoms with van der Waals surface area (Å²) in [5.41, 5.74) is 2.62. The molecule has 0 fully saturated rings. The molecule has 3 aromatic carbocycles. The number of anilines is 1. The van der Waals surface area contributed by atoms with E-state index in [-0.39, 0.29) is 6.03 Å². The monoisotopic (exact) mass is 570 g/mol. The summed E-state index contributed by atoms with van der Waals surface area (Å²) in [6.07, 6.45) is -1.28. The zero-order valence-corrected chi connectivity index (χ0v) is 22.1. The molecule has 0 aliphatic rings. The van der Waals surface area contributed by atoms with E-state index in [0.29, 0.717) is 30.3 Å². The number of hydrogen-bond donors (Lipinski definition) is 4. The molecular weight excluding hydrogens is 541 g/mol. The lowest BCUT2D eigenvalue weighted by molar-refractivity contribution is -0.192. The number of hydrogen-bond acceptors (Lipinski definition) is 5. The Hall–Kier alpha value is -5.00. The lowest BCUT2D eigenvalue weighted by Gasteiger charge is -2.09. The summed E-state index contributed by atoms with van der Waals surface area (Å²) < 4.78 is 43.4. The fraction of sp³-hybridized carbons (Fsp3) is 0.207. The molecule has 2 amide bonds. The Bertz CT molecular complexity index is 1380. The molecule has 0 radical (unpaired) electrons. The van der Waals surface area contributed by atoms with Gasteiger partial charge in [0.25, 0.3) is 0 Å². The molecule has 0 aliphatic carbocycles. The molecule has 0 unspecified atom stereocenters. The van der Waals surface area contributed by atoms with E-state index in [1.54, 1.807) is 6.20 Å². The predicted molar refractivity (Wildman–Crippen MR) is 147 cm³/mol. The van der Waals surface area contributed by atoms with Crippen molar-refractivity contribution >= 4 is 17.7 Å². The first-order valence-corrected chi connectivity index (χ1v) is 12.6. The second kappa shape index (κ2) is 15.0. The zero-order chi connectivity index (χ0) is 29.7. The molecule has 4 aromatic rings. The van der Waals surface area contributed by atoms with Crippen LogP contribution in [0.1, 0.15) is 25.6 Å². The number of rotatable bonds is 10. The number of halogens is 3. The minimum absolute atomic E-state index is 0.203. The van der Waals surface area contributed by atoms with Crippen molar-refractivity contribution in [2.45, 2.75) is 32.5 Å². The number of unbranched alkanes of at least 4 members (excludes halogenated alkanes) is 1. The largest absolute Gasteiger partial charge is 0.490 e. The predicted octanol–water partition coefficient (Wildman–Crippen LogP) is 7.00. The Morgan fingerprint density at radius 1 is 0.927 bits per heavy atom. The van der Waals surface area contributed by atoms with Gasteiger partial charge in [0, 0.05) is 12.2 Å². The van der Waals surface area contributed by atoms with E-state index in [9.17, 15) is 18.0 Å². The van der Waals surface area contributed by atoms with Crippen LogP contribution in [0.5, 0.6) is 17.2 Å². The Labute approximate surface area is 234 Å². The average molecular weight is 571 g/mol. The van der Waals surface area contributed by atoms with E-state index in [1.807, 2.05) is 78.9 Å². The number of aliphatic carboxylic acids is 1. The molecule has 12 heteroatoms. The van der Waals surface area contributed by atoms with Crippen LogP contribution in [0.25, 0.3) is 11.3 Å². The van der Waals surface area contributed by atoms with Gasteiger partial charge in [-0.1, -0.05) is 31.5 Å². The Morgan fingerprint density at radius 3 is 2.12 bits per heavy atom. The third-order valence-corrected chi connectivity index (χ3v) is 5.32. The van der Waals surface area contributed by atoms with Crippen molar-refractivity contribution in [3.8, 4) is 28.5 Å². The van der Waals surface area contributed by atoms with Crippen molar-refractivity contribution in [3.63, 3.8) is 0 Å². The Balaban J connectivity index is 0.000000587. The molecule has 216 valence electrons. The number of carbonyl (C=O) groups excluding carboxylic acids is 1. The van der Waals surface area contributed by atoms with Crippen LogP contribution in [0.2, 0.25) is 0 Å². The number of nitrogens with zero attached hydrogens (tertiary/aromatic N) is 1. The highest BCUT2D eigenvalue weighted by Crippen LogP contribution is 2.26. The molecular formula is C29H29F3N4O5. The molecule has 0 saturated carbocycles. The first kappa shape index (κ1) is 30.5. The maximum Gasteiger partial charge on any atom is 0.490 e. The molecule has 0 saturated heterocycles. The van der Waals surface area contributed by atoms with Gasteiger partial charge in [0.2, 0.25) is 0 Å². The van der Waals surface area contributed by atoms with Crippen LogP contribution in [-0.4, -0.2) is 39.8 Å². The molecule has 4 N–H and O–H groups in total. The van der Waals surface area contributed by atoms with Crippen LogP contribution in [0.15, 0.2) is 85.1 Å². The fourth-order valence-corrected chi connectivity index (χ4v) is 3.25. The maximum absolute atomic E-state index is 11.8. The number of H-pyrrole nitrogens is 1. The number of alkyl halides is 3. The smallest absolute Gasteiger partial charge is 0.486 e. The number of amides is 2. The highest BCUT2D eigenvalue weighted by molar-refractivity contribution is 5.89. The summed E-state index contributed by atoms with van der Waals surface area (Å²) in [4.78, 5) is 28.4. The van der Waals surface area contributed by atoms with Crippen LogP contribution in [-0.2, 0) is 11.4 Å². The average Bonchev–Trinajstić information content (AvgIpc) is 3.43. The molecule has 0 aliphatic heterocycles. The van der Waals surface area contributed by atoms with Crippen LogP contribution >= 0.6 is 0 Å². The third-order valence-electron chi connectivity index (χ3n) is 5.32. The molecule has 0 atom stereocenters. The molecule has 0 spiro atoms. The number of ether oxygens (including phenoxy) is 2. The van der Waals surface area contributed by atoms with E-state index in [4.69, 9.17) is 19.4 Å². The first-order valence-electron chi connectivity index (χ1n) is 12.6. The molecule has 9 nitrogen and oxygen atoms in total. The van der Waals surface area contributed by atoms with E-state index < -0.39 is 12.1 Å². The second-order valence-electron chi connectivity index (χ2n) is 8.53. The van der Waals surface area contributed by atoms with Gasteiger partial charge in [-0.3, -0.25) is 0 Å². The number of para-hydroxylation sites is 1. The highest BCUT2D eigenvalue weighted by Gasteiger charge is 2.38. The number of carboxylic acid groups (broad SMARTS) is 1. The van der Waals surface area contributed by atoms with Gasteiger partial charge < -0.3 is 30.2 Å². The molecule has 1 aromatic heterocycles. The summed E-state index contributed by atoms with van der Waals surface area (Å²) in [5, 5.41) is 12.8. The second-order valence-corrected chi connectivity index (χ2v) is 8.53. The van der Waals surface area contributed by atoms with Crippen molar-refractivity contribution in [3.05, 3.63) is 90.9 Å². The van der Waals surface area contributed by atoms with E-state index in [2.05, 4.69) is 27.5 Å². The van der Waals surface area contributed by atoms with Gasteiger partial charge in [0.05, 0.1) is 11.9 Å². The minimum atomic E-state index is -5.08. The van der Waals surface area contributed by atoms with E-state index in [1.165, 1.54) is 0 Å². The van der Waals surface area contributed by atoms with Gasteiger partial charge in [-0.2, -0.15) is 13.2 Å². The van der Waals surface area contributed by atoms with Crippen molar-refractivity contribution in [2.24, 2.45) is 0 Å². The summed E-state index contributed by atoms with van der Waals surface area (Å²) >= 11 is 0. The minimum Gasteiger partial charge on any atom is -0.486 e. The Kier molecular flexibility index (Phi) is 11.1. The molecule has 4 rings (SSSR count). The lowest BCUT2D eigenvalue weighted by atomic mass is 10.1. The standard InChI is InChI=1S/C27H28N4O3.C2HF3O2/c1-2-3-17-28-27(32)30-21-11-15-24(16-12-21)34-23-13-9-20(10-14-23)25-18-29-26(31-25)19-33-22-7-5-4-6-8-22;3-2(4,5)1(6)7/h4-16,18H,2-3,17,19H2,1H3,(H,29,31)(H2,28,30,32);(H,6,7). The van der Waals surface area contributed by atoms with Gasteiger partial charge in [-0.15, -0.1) is 0 Å². The Morgan fingerprint density at radius 2 is 1.54 bits per heavy atom. The van der Waals surface area contributed by atoms with Gasteiger partial charge in [0.15, 0.2) is 0 Å². The zero-order valence-electron chi connectivity index (χ0n) is 22.1. The third kappa shape index (κ3) is 10.6. The molecule has 41 heavy (non-hydrogen) atoms. The van der Waals surface area contributed by atoms with E-state index >= 15 is 0 Å².